The minimum atomic E-state index is -0.223. The molecule has 2 aromatic rings. The van der Waals surface area contributed by atoms with Gasteiger partial charge in [0.1, 0.15) is 5.70 Å². The van der Waals surface area contributed by atoms with Gasteiger partial charge in [0.05, 0.1) is 0 Å². The first-order valence-electron chi connectivity index (χ1n) is 8.44. The number of pyridine rings is 1. The molecule has 1 heterocycles. The van der Waals surface area contributed by atoms with E-state index in [2.05, 4.69) is 0 Å². The number of hydrogen-bond donors (Lipinski definition) is 0. The Morgan fingerprint density at radius 2 is 1.68 bits per heavy atom. The van der Waals surface area contributed by atoms with Crippen molar-refractivity contribution in [2.75, 3.05) is 32.1 Å². The van der Waals surface area contributed by atoms with Gasteiger partial charge in [0.2, 0.25) is 0 Å². The SMILES string of the molecule is CCN(CC)C(=O)/C(=C\c1ccc(N(C)C)cc1)n1ccccc1=O. The lowest BCUT2D eigenvalue weighted by atomic mass is 10.1. The minimum absolute atomic E-state index is 0.157. The van der Waals surface area contributed by atoms with Crippen molar-refractivity contribution in [1.29, 1.82) is 0 Å². The molecule has 0 radical (unpaired) electrons. The topological polar surface area (TPSA) is 45.6 Å². The lowest BCUT2D eigenvalue weighted by molar-refractivity contribution is -0.125. The third-order valence-electron chi connectivity index (χ3n) is 4.06. The molecule has 0 bridgehead atoms. The van der Waals surface area contributed by atoms with Crippen LogP contribution >= 0.6 is 0 Å². The second-order valence-corrected chi connectivity index (χ2v) is 5.90. The Morgan fingerprint density at radius 1 is 1.04 bits per heavy atom. The molecule has 0 saturated carbocycles. The van der Waals surface area contributed by atoms with Crippen LogP contribution in [0.25, 0.3) is 11.8 Å². The fourth-order valence-corrected chi connectivity index (χ4v) is 2.56. The molecule has 0 aliphatic rings. The number of nitrogens with zero attached hydrogens (tertiary/aromatic N) is 3. The molecule has 5 heteroatoms. The van der Waals surface area contributed by atoms with Gasteiger partial charge in [0, 0.05) is 45.1 Å². The van der Waals surface area contributed by atoms with Crippen LogP contribution in [0.5, 0.6) is 0 Å². The van der Waals surface area contributed by atoms with Gasteiger partial charge in [-0.3, -0.25) is 14.2 Å². The summed E-state index contributed by atoms with van der Waals surface area (Å²) in [6.07, 6.45) is 3.39. The molecule has 25 heavy (non-hydrogen) atoms. The van der Waals surface area contributed by atoms with E-state index in [9.17, 15) is 9.59 Å². The van der Waals surface area contributed by atoms with E-state index in [-0.39, 0.29) is 11.5 Å². The van der Waals surface area contributed by atoms with Gasteiger partial charge >= 0.3 is 0 Å². The number of benzene rings is 1. The normalized spacial score (nSPS) is 11.3. The van der Waals surface area contributed by atoms with Crippen molar-refractivity contribution < 1.29 is 4.79 Å². The first-order valence-corrected chi connectivity index (χ1v) is 8.44. The standard InChI is InChI=1S/C20H25N3O2/c1-5-22(6-2)20(25)18(23-14-8-7-9-19(23)24)15-16-10-12-17(13-11-16)21(3)4/h7-15H,5-6H2,1-4H3/b18-15+. The first kappa shape index (κ1) is 18.5. The summed E-state index contributed by atoms with van der Waals surface area (Å²) in [6, 6.07) is 12.7. The van der Waals surface area contributed by atoms with Crippen LogP contribution in [0.2, 0.25) is 0 Å². The van der Waals surface area contributed by atoms with E-state index in [1.165, 1.54) is 10.6 Å². The number of hydrogen-bond acceptors (Lipinski definition) is 3. The number of aromatic nitrogens is 1. The van der Waals surface area contributed by atoms with E-state index in [1.807, 2.05) is 57.1 Å². The van der Waals surface area contributed by atoms with E-state index in [4.69, 9.17) is 0 Å². The van der Waals surface area contributed by atoms with Gasteiger partial charge in [0.25, 0.3) is 11.5 Å². The molecule has 1 amide bonds. The molecule has 0 aliphatic carbocycles. The molecule has 1 aromatic carbocycles. The molecule has 2 rings (SSSR count). The Balaban J connectivity index is 2.52. The van der Waals surface area contributed by atoms with Crippen molar-refractivity contribution >= 4 is 23.4 Å². The van der Waals surface area contributed by atoms with Gasteiger partial charge in [-0.15, -0.1) is 0 Å². The molecule has 0 atom stereocenters. The molecule has 0 unspecified atom stereocenters. The summed E-state index contributed by atoms with van der Waals surface area (Å²) in [5, 5.41) is 0. The molecule has 1 aromatic heterocycles. The Labute approximate surface area is 148 Å². The summed E-state index contributed by atoms with van der Waals surface area (Å²) >= 11 is 0. The van der Waals surface area contributed by atoms with Gasteiger partial charge < -0.3 is 9.80 Å². The number of carbonyl (C=O) groups excluding carboxylic acids is 1. The lowest BCUT2D eigenvalue weighted by Gasteiger charge is -2.21. The van der Waals surface area contributed by atoms with Crippen molar-refractivity contribution in [1.82, 2.24) is 9.47 Å². The predicted octanol–water partition coefficient (Wildman–Crippen LogP) is 2.78. The summed E-state index contributed by atoms with van der Waals surface area (Å²) in [4.78, 5) is 28.9. The highest BCUT2D eigenvalue weighted by Gasteiger charge is 2.18. The summed E-state index contributed by atoms with van der Waals surface area (Å²) in [5.41, 5.74) is 2.08. The molecule has 0 spiro atoms. The predicted molar refractivity (Wildman–Crippen MR) is 104 cm³/mol. The van der Waals surface area contributed by atoms with Crippen molar-refractivity contribution in [2.45, 2.75) is 13.8 Å². The molecular formula is C20H25N3O2. The van der Waals surface area contributed by atoms with E-state index in [0.717, 1.165) is 11.3 Å². The third kappa shape index (κ3) is 4.38. The zero-order valence-electron chi connectivity index (χ0n) is 15.3. The van der Waals surface area contributed by atoms with Gasteiger partial charge in [-0.2, -0.15) is 0 Å². The van der Waals surface area contributed by atoms with Crippen molar-refractivity contribution in [3.8, 4) is 0 Å². The van der Waals surface area contributed by atoms with Gasteiger partial charge in [-0.05, 0) is 43.7 Å². The van der Waals surface area contributed by atoms with Gasteiger partial charge in [-0.1, -0.05) is 18.2 Å². The second kappa shape index (κ2) is 8.33. The first-order chi connectivity index (χ1) is 12.0. The van der Waals surface area contributed by atoms with Crippen LogP contribution in [-0.2, 0) is 4.79 Å². The van der Waals surface area contributed by atoms with E-state index >= 15 is 0 Å². The van der Waals surface area contributed by atoms with E-state index in [1.54, 1.807) is 29.3 Å². The molecule has 0 aliphatic heterocycles. The Hall–Kier alpha value is -2.82. The quantitative estimate of drug-likeness (QED) is 0.760. The summed E-state index contributed by atoms with van der Waals surface area (Å²) in [7, 11) is 3.95. The largest absolute Gasteiger partial charge is 0.378 e. The number of anilines is 1. The molecule has 0 fully saturated rings. The molecular weight excluding hydrogens is 314 g/mol. The highest BCUT2D eigenvalue weighted by atomic mass is 16.2. The smallest absolute Gasteiger partial charge is 0.270 e. The number of rotatable bonds is 6. The maximum absolute atomic E-state index is 12.9. The summed E-state index contributed by atoms with van der Waals surface area (Å²) in [5.74, 6) is -0.157. The van der Waals surface area contributed by atoms with E-state index in [0.29, 0.717) is 18.8 Å². The molecule has 0 N–H and O–H groups in total. The number of amides is 1. The van der Waals surface area contributed by atoms with Crippen LogP contribution < -0.4 is 10.5 Å². The molecule has 5 nitrogen and oxygen atoms in total. The molecule has 0 saturated heterocycles. The van der Waals surface area contributed by atoms with Gasteiger partial charge in [0.15, 0.2) is 0 Å². The highest BCUT2D eigenvalue weighted by Crippen LogP contribution is 2.17. The van der Waals surface area contributed by atoms with Crippen LogP contribution in [0.1, 0.15) is 19.4 Å². The maximum Gasteiger partial charge on any atom is 0.270 e. The lowest BCUT2D eigenvalue weighted by Crippen LogP contribution is -2.35. The second-order valence-electron chi connectivity index (χ2n) is 5.90. The fourth-order valence-electron chi connectivity index (χ4n) is 2.56. The number of carbonyl (C=O) groups is 1. The summed E-state index contributed by atoms with van der Waals surface area (Å²) < 4.78 is 1.40. The number of likely N-dealkylation sites (N-methyl/N-ethyl adjacent to an activating group) is 1. The summed E-state index contributed by atoms with van der Waals surface area (Å²) in [6.45, 7) is 5.04. The molecule has 132 valence electrons. The Kier molecular flexibility index (Phi) is 6.17. The zero-order chi connectivity index (χ0) is 18.4. The monoisotopic (exact) mass is 339 g/mol. The Morgan fingerprint density at radius 3 is 2.20 bits per heavy atom. The van der Waals surface area contributed by atoms with Crippen molar-refractivity contribution in [3.63, 3.8) is 0 Å². The average molecular weight is 339 g/mol. The minimum Gasteiger partial charge on any atom is -0.378 e. The fraction of sp³-hybridized carbons (Fsp3) is 0.300. The van der Waals surface area contributed by atoms with Crippen LogP contribution in [0.3, 0.4) is 0 Å². The van der Waals surface area contributed by atoms with Crippen LogP contribution in [0.15, 0.2) is 53.5 Å². The van der Waals surface area contributed by atoms with Crippen molar-refractivity contribution in [2.24, 2.45) is 0 Å². The van der Waals surface area contributed by atoms with E-state index < -0.39 is 0 Å². The van der Waals surface area contributed by atoms with Crippen LogP contribution in [0, 0.1) is 0 Å². The van der Waals surface area contributed by atoms with Crippen molar-refractivity contribution in [3.05, 3.63) is 64.6 Å². The third-order valence-corrected chi connectivity index (χ3v) is 4.06. The average Bonchev–Trinajstić information content (AvgIpc) is 2.61. The Bertz CT molecular complexity index is 800. The zero-order valence-corrected chi connectivity index (χ0v) is 15.3. The van der Waals surface area contributed by atoms with Crippen LogP contribution in [-0.4, -0.2) is 42.6 Å². The van der Waals surface area contributed by atoms with Crippen LogP contribution in [0.4, 0.5) is 5.69 Å². The highest BCUT2D eigenvalue weighted by molar-refractivity contribution is 6.18. The maximum atomic E-state index is 12.9. The van der Waals surface area contributed by atoms with Gasteiger partial charge in [-0.25, -0.2) is 0 Å².